The molecule has 0 aromatic heterocycles. The fourth-order valence-electron chi connectivity index (χ4n) is 2.52. The molecule has 0 spiro atoms. The molecule has 2 N–H and O–H groups in total. The van der Waals surface area contributed by atoms with Crippen molar-refractivity contribution in [3.05, 3.63) is 0 Å². The van der Waals surface area contributed by atoms with Crippen molar-refractivity contribution in [2.45, 2.75) is 38.3 Å². The van der Waals surface area contributed by atoms with Gasteiger partial charge in [-0.3, -0.25) is 4.79 Å². The molecule has 106 valence electrons. The van der Waals surface area contributed by atoms with Crippen LogP contribution in [-0.2, 0) is 9.53 Å². The molecule has 1 atom stereocenters. The topological polar surface area (TPSA) is 58.8 Å². The zero-order valence-electron chi connectivity index (χ0n) is 12.1. The van der Waals surface area contributed by atoms with Gasteiger partial charge in [0.05, 0.1) is 5.54 Å². The molecule has 0 aliphatic carbocycles. The molecule has 1 fully saturated rings. The highest BCUT2D eigenvalue weighted by Gasteiger charge is 2.39. The van der Waals surface area contributed by atoms with Gasteiger partial charge in [-0.05, 0) is 40.8 Å². The molecule has 0 aromatic rings. The maximum atomic E-state index is 12.6. The smallest absolute Gasteiger partial charge is 0.243 e. The summed E-state index contributed by atoms with van der Waals surface area (Å²) in [6, 6.07) is 0.181. The van der Waals surface area contributed by atoms with E-state index in [1.54, 1.807) is 0 Å². The van der Waals surface area contributed by atoms with Crippen LogP contribution in [0.3, 0.4) is 0 Å². The van der Waals surface area contributed by atoms with Gasteiger partial charge in [-0.15, -0.1) is 0 Å². The molecule has 0 radical (unpaired) electrons. The van der Waals surface area contributed by atoms with Gasteiger partial charge in [0.1, 0.15) is 0 Å². The van der Waals surface area contributed by atoms with E-state index in [1.807, 2.05) is 25.9 Å². The molecule has 1 unspecified atom stereocenters. The first kappa shape index (κ1) is 15.4. The van der Waals surface area contributed by atoms with Crippen LogP contribution in [0.15, 0.2) is 0 Å². The second-order valence-corrected chi connectivity index (χ2v) is 5.47. The van der Waals surface area contributed by atoms with Crippen LogP contribution >= 0.6 is 0 Å². The average molecular weight is 257 g/mol. The fourth-order valence-corrected chi connectivity index (χ4v) is 2.52. The normalized spacial score (nSPS) is 20.8. The van der Waals surface area contributed by atoms with Crippen LogP contribution in [0.25, 0.3) is 0 Å². The largest absolute Gasteiger partial charge is 0.381 e. The summed E-state index contributed by atoms with van der Waals surface area (Å²) in [7, 11) is 4.03. The molecule has 1 rings (SSSR count). The second-order valence-electron chi connectivity index (χ2n) is 5.47. The summed E-state index contributed by atoms with van der Waals surface area (Å²) >= 11 is 0. The third-order valence-electron chi connectivity index (χ3n) is 3.57. The lowest BCUT2D eigenvalue weighted by Gasteiger charge is -2.39. The van der Waals surface area contributed by atoms with Gasteiger partial charge in [-0.25, -0.2) is 0 Å². The number of carbonyl (C=O) groups excluding carboxylic acids is 1. The Bertz CT molecular complexity index is 275. The molecule has 1 heterocycles. The maximum absolute atomic E-state index is 12.6. The molecular formula is C13H27N3O2. The van der Waals surface area contributed by atoms with E-state index >= 15 is 0 Å². The van der Waals surface area contributed by atoms with Crippen molar-refractivity contribution in [1.29, 1.82) is 0 Å². The van der Waals surface area contributed by atoms with Gasteiger partial charge in [0, 0.05) is 32.3 Å². The standard InChI is InChI=1S/C13H27N3O2/c1-5-16(11(2)10-15(3)4)12(17)13(14)6-8-18-9-7-13/h11H,5-10,14H2,1-4H3. The van der Waals surface area contributed by atoms with Gasteiger partial charge < -0.3 is 20.3 Å². The van der Waals surface area contributed by atoms with Crippen LogP contribution < -0.4 is 5.73 Å². The zero-order valence-corrected chi connectivity index (χ0v) is 12.1. The van der Waals surface area contributed by atoms with Gasteiger partial charge >= 0.3 is 0 Å². The molecule has 18 heavy (non-hydrogen) atoms. The van der Waals surface area contributed by atoms with Crippen molar-refractivity contribution in [2.24, 2.45) is 5.73 Å². The van der Waals surface area contributed by atoms with E-state index in [9.17, 15) is 4.79 Å². The van der Waals surface area contributed by atoms with Crippen LogP contribution in [-0.4, -0.2) is 67.7 Å². The Hall–Kier alpha value is -0.650. The van der Waals surface area contributed by atoms with Gasteiger partial charge in [0.25, 0.3) is 0 Å². The highest BCUT2D eigenvalue weighted by molar-refractivity contribution is 5.86. The number of likely N-dealkylation sites (N-methyl/N-ethyl adjacent to an activating group) is 2. The molecular weight excluding hydrogens is 230 g/mol. The van der Waals surface area contributed by atoms with Crippen LogP contribution in [0.1, 0.15) is 26.7 Å². The van der Waals surface area contributed by atoms with Gasteiger partial charge in [-0.1, -0.05) is 0 Å². The van der Waals surface area contributed by atoms with E-state index in [2.05, 4.69) is 11.8 Å². The molecule has 1 amide bonds. The minimum atomic E-state index is -0.727. The van der Waals surface area contributed by atoms with Gasteiger partial charge in [0.15, 0.2) is 0 Å². The Morgan fingerprint density at radius 1 is 1.39 bits per heavy atom. The van der Waals surface area contributed by atoms with E-state index in [0.29, 0.717) is 32.6 Å². The Morgan fingerprint density at radius 2 is 1.94 bits per heavy atom. The second kappa shape index (κ2) is 6.50. The van der Waals surface area contributed by atoms with Crippen molar-refractivity contribution in [2.75, 3.05) is 40.4 Å². The van der Waals surface area contributed by atoms with Crippen molar-refractivity contribution in [1.82, 2.24) is 9.80 Å². The molecule has 1 aliphatic rings. The third-order valence-corrected chi connectivity index (χ3v) is 3.57. The number of hydrogen-bond acceptors (Lipinski definition) is 4. The summed E-state index contributed by atoms with van der Waals surface area (Å²) in [6.07, 6.45) is 1.24. The summed E-state index contributed by atoms with van der Waals surface area (Å²) in [5, 5.41) is 0. The highest BCUT2D eigenvalue weighted by Crippen LogP contribution is 2.21. The molecule has 0 aromatic carbocycles. The van der Waals surface area contributed by atoms with E-state index in [0.717, 1.165) is 6.54 Å². The number of hydrogen-bond donors (Lipinski definition) is 1. The first-order valence-corrected chi connectivity index (χ1v) is 6.73. The van der Waals surface area contributed by atoms with Crippen LogP contribution in [0.5, 0.6) is 0 Å². The first-order chi connectivity index (χ1) is 8.40. The molecule has 1 saturated heterocycles. The molecule has 5 heteroatoms. The summed E-state index contributed by atoms with van der Waals surface area (Å²) in [5.74, 6) is 0.0719. The van der Waals surface area contributed by atoms with Crippen molar-refractivity contribution in [3.8, 4) is 0 Å². The fraction of sp³-hybridized carbons (Fsp3) is 0.923. The number of ether oxygens (including phenoxy) is 1. The van der Waals surface area contributed by atoms with E-state index < -0.39 is 5.54 Å². The summed E-state index contributed by atoms with van der Waals surface area (Å²) < 4.78 is 5.29. The summed E-state index contributed by atoms with van der Waals surface area (Å²) in [6.45, 7) is 6.81. The van der Waals surface area contributed by atoms with Gasteiger partial charge in [-0.2, -0.15) is 0 Å². The van der Waals surface area contributed by atoms with Crippen LogP contribution in [0, 0.1) is 0 Å². The number of nitrogens with two attached hydrogens (primary N) is 1. The summed E-state index contributed by atoms with van der Waals surface area (Å²) in [4.78, 5) is 16.6. The average Bonchev–Trinajstić information content (AvgIpc) is 2.29. The first-order valence-electron chi connectivity index (χ1n) is 6.73. The van der Waals surface area contributed by atoms with E-state index in [4.69, 9.17) is 10.5 Å². The lowest BCUT2D eigenvalue weighted by atomic mass is 9.89. The van der Waals surface area contributed by atoms with Crippen molar-refractivity contribution < 1.29 is 9.53 Å². The number of nitrogens with zero attached hydrogens (tertiary/aromatic N) is 2. The Balaban J connectivity index is 2.71. The predicted octanol–water partition coefficient (Wildman–Crippen LogP) is 0.293. The van der Waals surface area contributed by atoms with E-state index in [1.165, 1.54) is 0 Å². The van der Waals surface area contributed by atoms with Crippen LogP contribution in [0.4, 0.5) is 0 Å². The lowest BCUT2D eigenvalue weighted by molar-refractivity contribution is -0.142. The van der Waals surface area contributed by atoms with E-state index in [-0.39, 0.29) is 11.9 Å². The lowest BCUT2D eigenvalue weighted by Crippen LogP contribution is -2.60. The Labute approximate surface area is 110 Å². The number of amides is 1. The minimum absolute atomic E-state index is 0.0719. The predicted molar refractivity (Wildman–Crippen MR) is 72.4 cm³/mol. The molecule has 0 saturated carbocycles. The molecule has 5 nitrogen and oxygen atoms in total. The molecule has 0 bridgehead atoms. The summed E-state index contributed by atoms with van der Waals surface area (Å²) in [5.41, 5.74) is 5.54. The van der Waals surface area contributed by atoms with Crippen molar-refractivity contribution in [3.63, 3.8) is 0 Å². The van der Waals surface area contributed by atoms with Crippen molar-refractivity contribution >= 4 is 5.91 Å². The Kier molecular flexibility index (Phi) is 5.56. The number of rotatable bonds is 5. The Morgan fingerprint density at radius 3 is 2.39 bits per heavy atom. The van der Waals surface area contributed by atoms with Crippen LogP contribution in [0.2, 0.25) is 0 Å². The van der Waals surface area contributed by atoms with Gasteiger partial charge in [0.2, 0.25) is 5.91 Å². The monoisotopic (exact) mass is 257 g/mol. The highest BCUT2D eigenvalue weighted by atomic mass is 16.5. The third kappa shape index (κ3) is 3.67. The minimum Gasteiger partial charge on any atom is -0.381 e. The number of carbonyl (C=O) groups is 1. The molecule has 1 aliphatic heterocycles. The zero-order chi connectivity index (χ0) is 13.8. The SMILES string of the molecule is CCN(C(=O)C1(N)CCOCC1)C(C)CN(C)C. The quantitative estimate of drug-likeness (QED) is 0.769. The maximum Gasteiger partial charge on any atom is 0.243 e.